The number of methoxy groups -OCH3 is 1. The Kier molecular flexibility index (Phi) is 6.64. The molecule has 0 radical (unpaired) electrons. The summed E-state index contributed by atoms with van der Waals surface area (Å²) in [5, 5.41) is 2.37. The molecule has 29 heavy (non-hydrogen) atoms. The Morgan fingerprint density at radius 2 is 2.03 bits per heavy atom. The molecule has 0 saturated carbocycles. The fourth-order valence-corrected chi connectivity index (χ4v) is 4.36. The average Bonchev–Trinajstić information content (AvgIpc) is 2.73. The van der Waals surface area contributed by atoms with Crippen LogP contribution in [0, 0.1) is 5.92 Å². The lowest BCUT2D eigenvalue weighted by Crippen LogP contribution is -2.70. The molecule has 1 aromatic rings. The van der Waals surface area contributed by atoms with Crippen LogP contribution in [0.15, 0.2) is 53.8 Å². The Morgan fingerprint density at radius 3 is 2.69 bits per heavy atom. The number of carbonyl (C=O) groups is 3. The van der Waals surface area contributed by atoms with Gasteiger partial charge in [-0.2, -0.15) is 0 Å². The smallest absolute Gasteiger partial charge is 0.355 e. The number of nitrogens with zero attached hydrogens (tertiary/aromatic N) is 1. The number of thioether (sulfide) groups is 1. The molecule has 0 bridgehead atoms. The van der Waals surface area contributed by atoms with E-state index in [2.05, 4.69) is 5.32 Å². The first-order valence-electron chi connectivity index (χ1n) is 9.34. The molecule has 2 atom stereocenters. The third-order valence-electron chi connectivity index (χ3n) is 4.49. The Bertz CT molecular complexity index is 850. The van der Waals surface area contributed by atoms with Gasteiger partial charge >= 0.3 is 5.97 Å². The van der Waals surface area contributed by atoms with Gasteiger partial charge in [0.1, 0.15) is 22.9 Å². The quantitative estimate of drug-likeness (QED) is 0.541. The zero-order valence-corrected chi connectivity index (χ0v) is 17.4. The number of hydrogen-bond acceptors (Lipinski definition) is 6. The predicted octanol–water partition coefficient (Wildman–Crippen LogP) is 2.10. The van der Waals surface area contributed by atoms with E-state index in [1.807, 2.05) is 44.2 Å². The predicted molar refractivity (Wildman–Crippen MR) is 110 cm³/mol. The molecule has 2 aliphatic heterocycles. The van der Waals surface area contributed by atoms with Crippen molar-refractivity contribution in [2.24, 2.45) is 5.92 Å². The van der Waals surface area contributed by atoms with E-state index in [1.54, 1.807) is 12.1 Å². The lowest BCUT2D eigenvalue weighted by molar-refractivity contribution is -0.151. The first-order valence-corrected chi connectivity index (χ1v) is 10.4. The van der Waals surface area contributed by atoms with Crippen molar-refractivity contribution < 1.29 is 23.9 Å². The van der Waals surface area contributed by atoms with E-state index in [-0.39, 0.29) is 29.5 Å². The number of para-hydroxylation sites is 1. The Labute approximate surface area is 174 Å². The molecule has 8 heteroatoms. The largest absolute Gasteiger partial charge is 0.484 e. The number of carbonyl (C=O) groups excluding carboxylic acids is 3. The molecule has 3 rings (SSSR count). The maximum absolute atomic E-state index is 12.7. The van der Waals surface area contributed by atoms with Gasteiger partial charge in [0.2, 0.25) is 0 Å². The van der Waals surface area contributed by atoms with Crippen LogP contribution in [0.3, 0.4) is 0 Å². The number of fused-ring (bicyclic) bond motifs is 1. The average molecular weight is 416 g/mol. The molecule has 0 spiro atoms. The summed E-state index contributed by atoms with van der Waals surface area (Å²) in [6.07, 6.45) is 3.84. The van der Waals surface area contributed by atoms with Crippen LogP contribution in [0.5, 0.6) is 5.75 Å². The van der Waals surface area contributed by atoms with Gasteiger partial charge in [0.15, 0.2) is 6.61 Å². The number of hydrogen-bond donors (Lipinski definition) is 1. The number of esters is 1. The van der Waals surface area contributed by atoms with Gasteiger partial charge in [0.05, 0.1) is 7.11 Å². The Balaban J connectivity index is 1.67. The van der Waals surface area contributed by atoms with Crippen LogP contribution < -0.4 is 10.1 Å². The van der Waals surface area contributed by atoms with E-state index in [9.17, 15) is 14.4 Å². The second-order valence-electron chi connectivity index (χ2n) is 7.03. The number of allylic oxidation sites excluding steroid dienone is 2. The zero-order valence-electron chi connectivity index (χ0n) is 16.6. The number of β-lactam (4-membered cyclic amide) rings is 1. The van der Waals surface area contributed by atoms with Crippen molar-refractivity contribution in [2.75, 3.05) is 19.5 Å². The number of amides is 2. The minimum absolute atomic E-state index is 0.187. The van der Waals surface area contributed by atoms with Gasteiger partial charge in [-0.15, -0.1) is 11.8 Å². The number of benzene rings is 1. The van der Waals surface area contributed by atoms with Gasteiger partial charge in [0.25, 0.3) is 11.8 Å². The molecule has 7 nitrogen and oxygen atoms in total. The third kappa shape index (κ3) is 4.64. The molecule has 1 aromatic carbocycles. The van der Waals surface area contributed by atoms with Gasteiger partial charge in [-0.1, -0.05) is 44.2 Å². The van der Waals surface area contributed by atoms with E-state index < -0.39 is 12.0 Å². The molecule has 0 unspecified atom stereocenters. The summed E-state index contributed by atoms with van der Waals surface area (Å²) < 4.78 is 10.3. The van der Waals surface area contributed by atoms with Crippen molar-refractivity contribution in [2.45, 2.75) is 25.3 Å². The summed E-state index contributed by atoms with van der Waals surface area (Å²) in [6, 6.07) is 8.28. The van der Waals surface area contributed by atoms with Crippen molar-refractivity contribution in [1.82, 2.24) is 10.2 Å². The van der Waals surface area contributed by atoms with E-state index >= 15 is 0 Å². The molecule has 2 aliphatic rings. The van der Waals surface area contributed by atoms with Crippen molar-refractivity contribution >= 4 is 29.5 Å². The monoisotopic (exact) mass is 416 g/mol. The van der Waals surface area contributed by atoms with E-state index in [0.717, 1.165) is 5.57 Å². The summed E-state index contributed by atoms with van der Waals surface area (Å²) in [6.45, 7) is 3.88. The highest BCUT2D eigenvalue weighted by Crippen LogP contribution is 2.41. The second-order valence-corrected chi connectivity index (χ2v) is 8.13. The number of nitrogens with one attached hydrogen (secondary N) is 1. The summed E-state index contributed by atoms with van der Waals surface area (Å²) in [5.41, 5.74) is 1.00. The van der Waals surface area contributed by atoms with E-state index in [4.69, 9.17) is 9.47 Å². The molecule has 154 valence electrons. The molecule has 2 amide bonds. The van der Waals surface area contributed by atoms with Crippen molar-refractivity contribution in [3.63, 3.8) is 0 Å². The van der Waals surface area contributed by atoms with Crippen LogP contribution in [0.25, 0.3) is 0 Å². The highest BCUT2D eigenvalue weighted by atomic mass is 32.2. The van der Waals surface area contributed by atoms with Crippen LogP contribution in [0.1, 0.15) is 13.8 Å². The summed E-state index contributed by atoms with van der Waals surface area (Å²) in [4.78, 5) is 38.7. The van der Waals surface area contributed by atoms with Crippen LogP contribution in [0.4, 0.5) is 0 Å². The Hall–Kier alpha value is -2.74. The lowest BCUT2D eigenvalue weighted by atomic mass is 10.0. The topological polar surface area (TPSA) is 84.9 Å². The van der Waals surface area contributed by atoms with Gasteiger partial charge in [0, 0.05) is 5.75 Å². The first-order chi connectivity index (χ1) is 13.9. The lowest BCUT2D eigenvalue weighted by Gasteiger charge is -2.49. The first kappa shape index (κ1) is 21.0. The van der Waals surface area contributed by atoms with Gasteiger partial charge in [-0.3, -0.25) is 14.5 Å². The number of rotatable bonds is 7. The van der Waals surface area contributed by atoms with E-state index in [1.165, 1.54) is 23.8 Å². The third-order valence-corrected chi connectivity index (χ3v) is 5.79. The van der Waals surface area contributed by atoms with Gasteiger partial charge in [-0.25, -0.2) is 4.79 Å². The SMILES string of the molecule is COC(=O)C1=C(/C=C\C(C)C)CS[C@@H]2[C@H](NC(=O)COc3ccccc3)C(=O)N12. The standard InChI is InChI=1S/C21H24N2O5S/c1-13(2)9-10-14-12-29-20-17(19(25)23(20)18(14)21(26)27-3)22-16(24)11-28-15-7-5-4-6-8-15/h4-10,13,17,20H,11-12H2,1-3H3,(H,22,24)/b10-9-/t17-,20-/m1/s1. The minimum Gasteiger partial charge on any atom is -0.484 e. The van der Waals surface area contributed by atoms with E-state index in [0.29, 0.717) is 17.4 Å². The Morgan fingerprint density at radius 1 is 1.31 bits per heavy atom. The fraction of sp³-hybridized carbons (Fsp3) is 0.381. The summed E-state index contributed by atoms with van der Waals surface area (Å²) in [5.74, 6) is 0.174. The molecule has 1 N–H and O–H groups in total. The molecular formula is C21H24N2O5S. The summed E-state index contributed by atoms with van der Waals surface area (Å²) >= 11 is 1.51. The number of ether oxygens (including phenoxy) is 2. The molecule has 0 aliphatic carbocycles. The molecule has 1 fully saturated rings. The highest BCUT2D eigenvalue weighted by Gasteiger charge is 2.54. The van der Waals surface area contributed by atoms with Crippen LogP contribution in [-0.2, 0) is 19.1 Å². The molecule has 1 saturated heterocycles. The van der Waals surface area contributed by atoms with Gasteiger partial charge in [-0.05, 0) is 23.6 Å². The maximum atomic E-state index is 12.7. The molecule has 2 heterocycles. The second kappa shape index (κ2) is 9.17. The fourth-order valence-electron chi connectivity index (χ4n) is 3.05. The van der Waals surface area contributed by atoms with Gasteiger partial charge < -0.3 is 14.8 Å². The molecular weight excluding hydrogens is 392 g/mol. The minimum atomic E-state index is -0.692. The normalized spacial score (nSPS) is 21.1. The van der Waals surface area contributed by atoms with Crippen molar-refractivity contribution in [1.29, 1.82) is 0 Å². The van der Waals surface area contributed by atoms with Crippen LogP contribution in [0.2, 0.25) is 0 Å². The van der Waals surface area contributed by atoms with Crippen LogP contribution >= 0.6 is 11.8 Å². The van der Waals surface area contributed by atoms with Crippen molar-refractivity contribution in [3.8, 4) is 5.75 Å². The van der Waals surface area contributed by atoms with Crippen molar-refractivity contribution in [3.05, 3.63) is 53.8 Å². The molecule has 0 aromatic heterocycles. The summed E-state index contributed by atoms with van der Waals surface area (Å²) in [7, 11) is 1.29. The maximum Gasteiger partial charge on any atom is 0.355 e. The highest BCUT2D eigenvalue weighted by molar-refractivity contribution is 8.00. The zero-order chi connectivity index (χ0) is 21.0. The van der Waals surface area contributed by atoms with Crippen LogP contribution in [-0.4, -0.2) is 53.6 Å².